The molecule has 116 valence electrons. The van der Waals surface area contributed by atoms with Crippen LogP contribution in [0.25, 0.3) is 11.0 Å². The van der Waals surface area contributed by atoms with Gasteiger partial charge in [0.2, 0.25) is 5.76 Å². The second-order valence-electron chi connectivity index (χ2n) is 4.63. The van der Waals surface area contributed by atoms with Gasteiger partial charge in [-0.25, -0.2) is 4.79 Å². The van der Waals surface area contributed by atoms with Gasteiger partial charge in [0.25, 0.3) is 0 Å². The Balaban J connectivity index is 2.14. The largest absolute Gasteiger partial charge is 0.475 e. The monoisotopic (exact) mass is 350 g/mol. The lowest BCUT2D eigenvalue weighted by Crippen LogP contribution is -1.92. The molecule has 1 aromatic heterocycles. The quantitative estimate of drug-likeness (QED) is 0.666. The molecule has 3 aromatic rings. The highest BCUT2D eigenvalue weighted by molar-refractivity contribution is 6.31. The van der Waals surface area contributed by atoms with Gasteiger partial charge in [-0.1, -0.05) is 23.2 Å². The minimum absolute atomic E-state index is 0.231. The van der Waals surface area contributed by atoms with Crippen LogP contribution >= 0.6 is 23.2 Å². The van der Waals surface area contributed by atoms with Crippen LogP contribution in [0, 0.1) is 0 Å². The molecule has 0 saturated heterocycles. The highest BCUT2D eigenvalue weighted by atomic mass is 35.5. The fraction of sp³-hybridized carbons (Fsp3) is 0. The van der Waals surface area contributed by atoms with Gasteiger partial charge in [0.05, 0.1) is 10.9 Å². The number of fused-ring (bicyclic) bond motifs is 1. The van der Waals surface area contributed by atoms with Crippen LogP contribution in [0.2, 0.25) is 10.0 Å². The first kappa shape index (κ1) is 15.4. The Morgan fingerprint density at radius 3 is 2.52 bits per heavy atom. The molecular formula is C16H8Cl2O5. The second-order valence-corrected chi connectivity index (χ2v) is 5.51. The smallest absolute Gasteiger partial charge is 0.371 e. The summed E-state index contributed by atoms with van der Waals surface area (Å²) in [5.41, 5.74) is 0.559. The molecule has 5 nitrogen and oxygen atoms in total. The molecule has 0 atom stereocenters. The van der Waals surface area contributed by atoms with Crippen molar-refractivity contribution in [3.8, 4) is 11.5 Å². The summed E-state index contributed by atoms with van der Waals surface area (Å²) in [5, 5.41) is 10.1. The van der Waals surface area contributed by atoms with E-state index in [-0.39, 0.29) is 22.8 Å². The Morgan fingerprint density at radius 2 is 1.83 bits per heavy atom. The van der Waals surface area contributed by atoms with E-state index in [9.17, 15) is 9.59 Å². The molecule has 1 N–H and O–H groups in total. The maximum Gasteiger partial charge on any atom is 0.371 e. The number of carbonyl (C=O) groups is 2. The minimum atomic E-state index is -1.21. The lowest BCUT2D eigenvalue weighted by atomic mass is 10.2. The van der Waals surface area contributed by atoms with Crippen LogP contribution in [0.5, 0.6) is 11.5 Å². The van der Waals surface area contributed by atoms with E-state index in [0.29, 0.717) is 27.3 Å². The van der Waals surface area contributed by atoms with Crippen molar-refractivity contribution in [3.63, 3.8) is 0 Å². The van der Waals surface area contributed by atoms with Gasteiger partial charge >= 0.3 is 5.97 Å². The fourth-order valence-electron chi connectivity index (χ4n) is 2.08. The zero-order chi connectivity index (χ0) is 16.6. The van der Waals surface area contributed by atoms with Crippen LogP contribution in [0.3, 0.4) is 0 Å². The number of hydrogen-bond donors (Lipinski definition) is 1. The molecule has 2 aromatic carbocycles. The highest BCUT2D eigenvalue weighted by Gasteiger charge is 2.16. The standard InChI is InChI=1S/C16H8Cl2O5/c17-9-2-1-8(7-19)12(3-9)22-13-4-10(18)5-14-11(13)6-15(23-14)16(20)21/h1-7H,(H,20,21). The van der Waals surface area contributed by atoms with Crippen molar-refractivity contribution >= 4 is 46.4 Å². The average Bonchev–Trinajstić information content (AvgIpc) is 2.92. The van der Waals surface area contributed by atoms with E-state index in [2.05, 4.69) is 0 Å². The number of benzene rings is 2. The average molecular weight is 351 g/mol. The molecule has 0 saturated carbocycles. The van der Waals surface area contributed by atoms with Crippen LogP contribution < -0.4 is 4.74 Å². The third-order valence-corrected chi connectivity index (χ3v) is 3.55. The first-order valence-electron chi connectivity index (χ1n) is 6.37. The normalized spacial score (nSPS) is 10.7. The lowest BCUT2D eigenvalue weighted by Gasteiger charge is -2.09. The van der Waals surface area contributed by atoms with Gasteiger partial charge in [-0.3, -0.25) is 4.79 Å². The SMILES string of the molecule is O=Cc1ccc(Cl)cc1Oc1cc(Cl)cc2oc(C(=O)O)cc12. The van der Waals surface area contributed by atoms with Gasteiger partial charge in [0.1, 0.15) is 17.1 Å². The van der Waals surface area contributed by atoms with Gasteiger partial charge in [-0.15, -0.1) is 0 Å². The number of aldehydes is 1. The fourth-order valence-corrected chi connectivity index (χ4v) is 2.44. The molecule has 0 amide bonds. The molecule has 0 radical (unpaired) electrons. The highest BCUT2D eigenvalue weighted by Crippen LogP contribution is 2.36. The zero-order valence-electron chi connectivity index (χ0n) is 11.4. The van der Waals surface area contributed by atoms with Gasteiger partial charge in [0.15, 0.2) is 6.29 Å². The van der Waals surface area contributed by atoms with E-state index in [0.717, 1.165) is 0 Å². The number of rotatable bonds is 4. The third-order valence-electron chi connectivity index (χ3n) is 3.10. The number of furan rings is 1. The van der Waals surface area contributed by atoms with Crippen LogP contribution in [0.4, 0.5) is 0 Å². The zero-order valence-corrected chi connectivity index (χ0v) is 12.9. The molecule has 0 aliphatic carbocycles. The number of carboxylic acids is 1. The number of hydrogen-bond acceptors (Lipinski definition) is 4. The Hall–Kier alpha value is -2.50. The molecule has 0 aliphatic rings. The first-order chi connectivity index (χ1) is 11.0. The topological polar surface area (TPSA) is 76.7 Å². The predicted molar refractivity (Wildman–Crippen MR) is 85.1 cm³/mol. The van der Waals surface area contributed by atoms with Crippen molar-refractivity contribution in [1.29, 1.82) is 0 Å². The number of halogens is 2. The number of carboxylic acid groups (broad SMARTS) is 1. The van der Waals surface area contributed by atoms with Crippen LogP contribution in [-0.2, 0) is 0 Å². The number of carbonyl (C=O) groups excluding carboxylic acids is 1. The molecular weight excluding hydrogens is 343 g/mol. The van der Waals surface area contributed by atoms with E-state index in [1.165, 1.54) is 30.3 Å². The Kier molecular flexibility index (Phi) is 3.98. The summed E-state index contributed by atoms with van der Waals surface area (Å²) in [4.78, 5) is 22.1. The molecule has 0 unspecified atom stereocenters. The summed E-state index contributed by atoms with van der Waals surface area (Å²) in [7, 11) is 0. The first-order valence-corrected chi connectivity index (χ1v) is 7.12. The van der Waals surface area contributed by atoms with Crippen molar-refractivity contribution in [2.75, 3.05) is 0 Å². The Labute approximate surface area is 140 Å². The van der Waals surface area contributed by atoms with Crippen LogP contribution in [-0.4, -0.2) is 17.4 Å². The van der Waals surface area contributed by atoms with Crippen LogP contribution in [0.15, 0.2) is 40.8 Å². The summed E-state index contributed by atoms with van der Waals surface area (Å²) >= 11 is 11.9. The van der Waals surface area contributed by atoms with Crippen molar-refractivity contribution in [2.24, 2.45) is 0 Å². The van der Waals surface area contributed by atoms with E-state index in [4.69, 9.17) is 37.5 Å². The summed E-state index contributed by atoms with van der Waals surface area (Å²) in [6.07, 6.45) is 0.630. The summed E-state index contributed by atoms with van der Waals surface area (Å²) in [6, 6.07) is 8.87. The molecule has 7 heteroatoms. The van der Waals surface area contributed by atoms with E-state index < -0.39 is 5.97 Å². The van der Waals surface area contributed by atoms with E-state index in [1.54, 1.807) is 6.07 Å². The van der Waals surface area contributed by atoms with Crippen LogP contribution in [0.1, 0.15) is 20.9 Å². The third kappa shape index (κ3) is 3.02. The molecule has 0 bridgehead atoms. The number of ether oxygens (including phenoxy) is 1. The molecule has 0 spiro atoms. The summed E-state index contributed by atoms with van der Waals surface area (Å²) in [6.45, 7) is 0. The number of aromatic carboxylic acids is 1. The summed E-state index contributed by atoms with van der Waals surface area (Å²) in [5.74, 6) is -0.961. The lowest BCUT2D eigenvalue weighted by molar-refractivity contribution is 0.0665. The summed E-state index contributed by atoms with van der Waals surface area (Å²) < 4.78 is 10.9. The Morgan fingerprint density at radius 1 is 1.09 bits per heavy atom. The van der Waals surface area contributed by atoms with Gasteiger partial charge in [-0.2, -0.15) is 0 Å². The van der Waals surface area contributed by atoms with E-state index in [1.807, 2.05) is 0 Å². The second kappa shape index (κ2) is 5.95. The molecule has 3 rings (SSSR count). The minimum Gasteiger partial charge on any atom is -0.475 e. The molecule has 0 aliphatic heterocycles. The van der Waals surface area contributed by atoms with Crippen molar-refractivity contribution in [3.05, 3.63) is 57.8 Å². The predicted octanol–water partition coefficient (Wildman–Crippen LogP) is 5.04. The maximum absolute atomic E-state index is 11.1. The molecule has 0 fully saturated rings. The van der Waals surface area contributed by atoms with Gasteiger partial charge < -0.3 is 14.3 Å². The van der Waals surface area contributed by atoms with Gasteiger partial charge in [-0.05, 0) is 12.1 Å². The van der Waals surface area contributed by atoms with Gasteiger partial charge in [0, 0.05) is 34.3 Å². The van der Waals surface area contributed by atoms with Crippen molar-refractivity contribution in [2.45, 2.75) is 0 Å². The Bertz CT molecular complexity index is 930. The van der Waals surface area contributed by atoms with Crippen molar-refractivity contribution in [1.82, 2.24) is 0 Å². The van der Waals surface area contributed by atoms with Crippen molar-refractivity contribution < 1.29 is 23.8 Å². The maximum atomic E-state index is 11.1. The molecule has 23 heavy (non-hydrogen) atoms. The molecule has 1 heterocycles. The van der Waals surface area contributed by atoms with E-state index >= 15 is 0 Å².